The lowest BCUT2D eigenvalue weighted by Gasteiger charge is -2.38. The Morgan fingerprint density at radius 2 is 1.93 bits per heavy atom. The quantitative estimate of drug-likeness (QED) is 0.677. The number of nitrogens with zero attached hydrogens (tertiary/aromatic N) is 2. The highest BCUT2D eigenvalue weighted by Crippen LogP contribution is 2.23. The number of rotatable bonds is 3. The minimum Gasteiger partial charge on any atom is -0.302 e. The molecule has 2 heterocycles. The number of hydrogen-bond acceptors (Lipinski definition) is 2. The fraction of sp³-hybridized carbons (Fsp3) is 1.00. The van der Waals surface area contributed by atoms with Crippen LogP contribution in [0.2, 0.25) is 0 Å². The second-order valence-electron chi connectivity index (χ2n) is 5.57. The molecule has 2 fully saturated rings. The second kappa shape index (κ2) is 4.19. The van der Waals surface area contributed by atoms with Crippen molar-refractivity contribution < 1.29 is 0 Å². The van der Waals surface area contributed by atoms with Crippen molar-refractivity contribution in [3.63, 3.8) is 0 Å². The number of hydrogen-bond donors (Lipinski definition) is 0. The topological polar surface area (TPSA) is 6.48 Å². The van der Waals surface area contributed by atoms with E-state index in [0.29, 0.717) is 0 Å². The third-order valence-electron chi connectivity index (χ3n) is 3.70. The Bertz CT molecular complexity index is 185. The normalized spacial score (nSPS) is 31.3. The Hall–Kier alpha value is -0.0800. The molecule has 1 atom stereocenters. The summed E-state index contributed by atoms with van der Waals surface area (Å²) in [5.74, 6) is 1.91. The van der Waals surface area contributed by atoms with Crippen LogP contribution in [0.1, 0.15) is 27.2 Å². The molecule has 0 N–H and O–H groups in total. The van der Waals surface area contributed by atoms with Crippen LogP contribution < -0.4 is 0 Å². The Balaban J connectivity index is 1.69. The first-order valence-electron chi connectivity index (χ1n) is 6.11. The lowest BCUT2D eigenvalue weighted by atomic mass is 9.99. The molecule has 0 saturated carbocycles. The van der Waals surface area contributed by atoms with E-state index in [1.54, 1.807) is 0 Å². The van der Waals surface area contributed by atoms with Gasteiger partial charge in [0.1, 0.15) is 0 Å². The first-order chi connectivity index (χ1) is 6.65. The molecular weight excluding hydrogens is 172 g/mol. The van der Waals surface area contributed by atoms with E-state index in [-0.39, 0.29) is 0 Å². The third kappa shape index (κ3) is 2.29. The average Bonchev–Trinajstić information content (AvgIpc) is 2.50. The average molecular weight is 196 g/mol. The van der Waals surface area contributed by atoms with Gasteiger partial charge in [-0.2, -0.15) is 0 Å². The van der Waals surface area contributed by atoms with E-state index in [0.717, 1.165) is 17.9 Å². The molecule has 0 bridgehead atoms. The summed E-state index contributed by atoms with van der Waals surface area (Å²) in [6, 6.07) is 0.746. The van der Waals surface area contributed by atoms with E-state index < -0.39 is 0 Å². The Morgan fingerprint density at radius 1 is 1.21 bits per heavy atom. The van der Waals surface area contributed by atoms with E-state index in [9.17, 15) is 0 Å². The zero-order chi connectivity index (χ0) is 10.1. The van der Waals surface area contributed by atoms with Gasteiger partial charge >= 0.3 is 0 Å². The van der Waals surface area contributed by atoms with E-state index in [4.69, 9.17) is 0 Å². The van der Waals surface area contributed by atoms with Gasteiger partial charge in [-0.3, -0.25) is 0 Å². The van der Waals surface area contributed by atoms with Crippen molar-refractivity contribution in [1.82, 2.24) is 9.80 Å². The SMILES string of the molecule is CC1CN(C[C@H]2CCN(C(C)C)C2)C1. The largest absolute Gasteiger partial charge is 0.302 e. The molecule has 2 rings (SSSR count). The van der Waals surface area contributed by atoms with Gasteiger partial charge in [0.25, 0.3) is 0 Å². The zero-order valence-electron chi connectivity index (χ0n) is 9.87. The van der Waals surface area contributed by atoms with Crippen molar-refractivity contribution in [1.29, 1.82) is 0 Å². The van der Waals surface area contributed by atoms with E-state index >= 15 is 0 Å². The van der Waals surface area contributed by atoms with E-state index in [2.05, 4.69) is 30.6 Å². The van der Waals surface area contributed by atoms with Crippen LogP contribution in [0.25, 0.3) is 0 Å². The van der Waals surface area contributed by atoms with Gasteiger partial charge < -0.3 is 9.80 Å². The summed E-state index contributed by atoms with van der Waals surface area (Å²) in [4.78, 5) is 5.24. The van der Waals surface area contributed by atoms with Crippen LogP contribution in [0.3, 0.4) is 0 Å². The molecule has 2 aliphatic rings. The van der Waals surface area contributed by atoms with Crippen LogP contribution in [0.4, 0.5) is 0 Å². The lowest BCUT2D eigenvalue weighted by molar-refractivity contribution is 0.0924. The monoisotopic (exact) mass is 196 g/mol. The van der Waals surface area contributed by atoms with Crippen LogP contribution in [-0.4, -0.2) is 48.6 Å². The molecule has 2 saturated heterocycles. The van der Waals surface area contributed by atoms with Crippen LogP contribution >= 0.6 is 0 Å². The van der Waals surface area contributed by atoms with Crippen molar-refractivity contribution in [3.8, 4) is 0 Å². The highest BCUT2D eigenvalue weighted by Gasteiger charge is 2.29. The lowest BCUT2D eigenvalue weighted by Crippen LogP contribution is -2.47. The van der Waals surface area contributed by atoms with Crippen molar-refractivity contribution >= 4 is 0 Å². The summed E-state index contributed by atoms with van der Waals surface area (Å²) >= 11 is 0. The molecule has 0 unspecified atom stereocenters. The van der Waals surface area contributed by atoms with Gasteiger partial charge in [0.05, 0.1) is 0 Å². The molecular formula is C12H24N2. The molecule has 82 valence electrons. The standard InChI is InChI=1S/C12H24N2/c1-10(2)14-5-4-12(9-14)8-13-6-11(3)7-13/h10-12H,4-9H2,1-3H3/t12-/m1/s1. The van der Waals surface area contributed by atoms with Crippen molar-refractivity contribution in [2.45, 2.75) is 33.2 Å². The smallest absolute Gasteiger partial charge is 0.00387 e. The maximum Gasteiger partial charge on any atom is 0.00387 e. The first kappa shape index (κ1) is 10.4. The highest BCUT2D eigenvalue weighted by molar-refractivity contribution is 4.84. The van der Waals surface area contributed by atoms with E-state index in [1.807, 2.05) is 0 Å². The van der Waals surface area contributed by atoms with Crippen LogP contribution in [0, 0.1) is 11.8 Å². The first-order valence-corrected chi connectivity index (χ1v) is 6.11. The summed E-state index contributed by atoms with van der Waals surface area (Å²) in [5, 5.41) is 0. The summed E-state index contributed by atoms with van der Waals surface area (Å²) in [6.45, 7) is 13.7. The molecule has 14 heavy (non-hydrogen) atoms. The van der Waals surface area contributed by atoms with Crippen molar-refractivity contribution in [2.24, 2.45) is 11.8 Å². The molecule has 2 heteroatoms. The van der Waals surface area contributed by atoms with Gasteiger partial charge in [0.2, 0.25) is 0 Å². The Kier molecular flexibility index (Phi) is 3.13. The van der Waals surface area contributed by atoms with Gasteiger partial charge in [0, 0.05) is 32.2 Å². The summed E-state index contributed by atoms with van der Waals surface area (Å²) in [6.07, 6.45) is 1.42. The third-order valence-corrected chi connectivity index (χ3v) is 3.70. The van der Waals surface area contributed by atoms with Crippen molar-refractivity contribution in [3.05, 3.63) is 0 Å². The molecule has 0 aromatic heterocycles. The van der Waals surface area contributed by atoms with Crippen LogP contribution in [0.15, 0.2) is 0 Å². The van der Waals surface area contributed by atoms with Crippen LogP contribution in [-0.2, 0) is 0 Å². The summed E-state index contributed by atoms with van der Waals surface area (Å²) in [5.41, 5.74) is 0. The predicted molar refractivity (Wildman–Crippen MR) is 60.4 cm³/mol. The molecule has 2 aliphatic heterocycles. The van der Waals surface area contributed by atoms with Gasteiger partial charge in [-0.15, -0.1) is 0 Å². The Labute approximate surface area is 88.3 Å². The van der Waals surface area contributed by atoms with Crippen LogP contribution in [0.5, 0.6) is 0 Å². The summed E-state index contributed by atoms with van der Waals surface area (Å²) < 4.78 is 0. The Morgan fingerprint density at radius 3 is 2.43 bits per heavy atom. The molecule has 0 radical (unpaired) electrons. The van der Waals surface area contributed by atoms with Crippen molar-refractivity contribution in [2.75, 3.05) is 32.7 Å². The maximum atomic E-state index is 2.62. The van der Waals surface area contributed by atoms with Gasteiger partial charge in [-0.05, 0) is 38.6 Å². The molecule has 0 aliphatic carbocycles. The molecule has 0 amide bonds. The van der Waals surface area contributed by atoms with E-state index in [1.165, 1.54) is 39.1 Å². The minimum absolute atomic E-state index is 0.746. The second-order valence-corrected chi connectivity index (χ2v) is 5.57. The fourth-order valence-electron chi connectivity index (χ4n) is 2.82. The number of likely N-dealkylation sites (tertiary alicyclic amines) is 2. The maximum absolute atomic E-state index is 2.62. The van der Waals surface area contributed by atoms with Gasteiger partial charge in [-0.1, -0.05) is 6.92 Å². The van der Waals surface area contributed by atoms with Gasteiger partial charge in [-0.25, -0.2) is 0 Å². The minimum atomic E-state index is 0.746. The predicted octanol–water partition coefficient (Wildman–Crippen LogP) is 1.67. The molecule has 2 nitrogen and oxygen atoms in total. The zero-order valence-corrected chi connectivity index (χ0v) is 9.87. The summed E-state index contributed by atoms with van der Waals surface area (Å²) in [7, 11) is 0. The molecule has 0 aromatic rings. The highest BCUT2D eigenvalue weighted by atomic mass is 15.2. The fourth-order valence-corrected chi connectivity index (χ4v) is 2.82. The van der Waals surface area contributed by atoms with Gasteiger partial charge in [0.15, 0.2) is 0 Å². The molecule has 0 aromatic carbocycles. The molecule has 0 spiro atoms.